The molecule has 100 valence electrons. The SMILES string of the molecule is NC(=O)Cc1ccc(-c2nc3ccc(F)cc3s2)cc1. The van der Waals surface area contributed by atoms with Gasteiger partial charge in [0.05, 0.1) is 16.6 Å². The van der Waals surface area contributed by atoms with E-state index < -0.39 is 0 Å². The van der Waals surface area contributed by atoms with E-state index in [0.29, 0.717) is 0 Å². The lowest BCUT2D eigenvalue weighted by Crippen LogP contribution is -2.13. The number of primary amides is 1. The molecular weight excluding hydrogens is 275 g/mol. The highest BCUT2D eigenvalue weighted by Gasteiger charge is 2.07. The Morgan fingerprint density at radius 2 is 1.95 bits per heavy atom. The van der Waals surface area contributed by atoms with Gasteiger partial charge in [0.2, 0.25) is 5.91 Å². The van der Waals surface area contributed by atoms with Gasteiger partial charge in [0.25, 0.3) is 0 Å². The molecule has 0 aliphatic rings. The Labute approximate surface area is 118 Å². The molecular formula is C15H11FN2OS. The van der Waals surface area contributed by atoms with E-state index >= 15 is 0 Å². The van der Waals surface area contributed by atoms with Crippen molar-refractivity contribution < 1.29 is 9.18 Å². The highest BCUT2D eigenvalue weighted by atomic mass is 32.1. The average molecular weight is 286 g/mol. The first-order chi connectivity index (χ1) is 9.61. The fourth-order valence-corrected chi connectivity index (χ4v) is 2.98. The lowest BCUT2D eigenvalue weighted by molar-refractivity contribution is -0.117. The van der Waals surface area contributed by atoms with E-state index in [9.17, 15) is 9.18 Å². The van der Waals surface area contributed by atoms with Crippen molar-refractivity contribution in [2.24, 2.45) is 5.73 Å². The minimum absolute atomic E-state index is 0.228. The van der Waals surface area contributed by atoms with Crippen molar-refractivity contribution in [2.45, 2.75) is 6.42 Å². The smallest absolute Gasteiger partial charge is 0.221 e. The van der Waals surface area contributed by atoms with Crippen LogP contribution in [0.5, 0.6) is 0 Å². The summed E-state index contributed by atoms with van der Waals surface area (Å²) in [4.78, 5) is 15.3. The van der Waals surface area contributed by atoms with E-state index in [4.69, 9.17) is 5.73 Å². The highest BCUT2D eigenvalue weighted by molar-refractivity contribution is 7.21. The standard InChI is InChI=1S/C15H11FN2OS/c16-11-5-6-12-13(8-11)20-15(18-12)10-3-1-9(2-4-10)7-14(17)19/h1-6,8H,7H2,(H2,17,19). The highest BCUT2D eigenvalue weighted by Crippen LogP contribution is 2.30. The summed E-state index contributed by atoms with van der Waals surface area (Å²) in [6.45, 7) is 0. The van der Waals surface area contributed by atoms with Crippen LogP contribution in [-0.4, -0.2) is 10.9 Å². The first-order valence-electron chi connectivity index (χ1n) is 6.05. The number of thiazole rings is 1. The minimum Gasteiger partial charge on any atom is -0.369 e. The largest absolute Gasteiger partial charge is 0.369 e. The van der Waals surface area contributed by atoms with Gasteiger partial charge in [0, 0.05) is 5.56 Å². The van der Waals surface area contributed by atoms with Gasteiger partial charge in [-0.25, -0.2) is 9.37 Å². The van der Waals surface area contributed by atoms with E-state index in [0.717, 1.165) is 26.4 Å². The molecule has 0 saturated heterocycles. The van der Waals surface area contributed by atoms with Crippen LogP contribution in [0.4, 0.5) is 4.39 Å². The summed E-state index contributed by atoms with van der Waals surface area (Å²) < 4.78 is 14.0. The van der Waals surface area contributed by atoms with E-state index in [1.165, 1.54) is 23.5 Å². The van der Waals surface area contributed by atoms with E-state index in [1.807, 2.05) is 24.3 Å². The van der Waals surface area contributed by atoms with Gasteiger partial charge in [-0.05, 0) is 23.8 Å². The molecule has 0 spiro atoms. The molecule has 0 radical (unpaired) electrons. The third-order valence-corrected chi connectivity index (χ3v) is 4.00. The molecule has 0 atom stereocenters. The molecule has 3 nitrogen and oxygen atoms in total. The molecule has 3 rings (SSSR count). The zero-order valence-corrected chi connectivity index (χ0v) is 11.3. The minimum atomic E-state index is -0.354. The van der Waals surface area contributed by atoms with E-state index in [2.05, 4.69) is 4.98 Å². The van der Waals surface area contributed by atoms with E-state index in [1.54, 1.807) is 6.07 Å². The molecule has 5 heteroatoms. The summed E-state index contributed by atoms with van der Waals surface area (Å²) in [5.41, 5.74) is 7.75. The number of rotatable bonds is 3. The molecule has 1 heterocycles. The number of benzene rings is 2. The maximum Gasteiger partial charge on any atom is 0.221 e. The molecule has 2 N–H and O–H groups in total. The number of halogens is 1. The van der Waals surface area contributed by atoms with Crippen molar-refractivity contribution in [3.05, 3.63) is 53.8 Å². The molecule has 0 unspecified atom stereocenters. The number of nitrogens with two attached hydrogens (primary N) is 1. The Balaban J connectivity index is 1.96. The van der Waals surface area contributed by atoms with Gasteiger partial charge in [-0.15, -0.1) is 11.3 Å². The van der Waals surface area contributed by atoms with Crippen molar-refractivity contribution in [1.29, 1.82) is 0 Å². The van der Waals surface area contributed by atoms with Crippen LogP contribution in [0.25, 0.3) is 20.8 Å². The molecule has 20 heavy (non-hydrogen) atoms. The lowest BCUT2D eigenvalue weighted by atomic mass is 10.1. The quantitative estimate of drug-likeness (QED) is 0.804. The Hall–Kier alpha value is -2.27. The third kappa shape index (κ3) is 2.53. The van der Waals surface area contributed by atoms with Gasteiger partial charge in [-0.3, -0.25) is 4.79 Å². The van der Waals surface area contributed by atoms with Crippen LogP contribution in [0.1, 0.15) is 5.56 Å². The van der Waals surface area contributed by atoms with Crippen LogP contribution in [0.15, 0.2) is 42.5 Å². The second-order valence-corrected chi connectivity index (χ2v) is 5.50. The Kier molecular flexibility index (Phi) is 3.20. The molecule has 0 saturated carbocycles. The molecule has 2 aromatic carbocycles. The predicted octanol–water partition coefficient (Wildman–Crippen LogP) is 3.13. The molecule has 1 aromatic heterocycles. The second-order valence-electron chi connectivity index (χ2n) is 4.47. The molecule has 0 fully saturated rings. The van der Waals surface area contributed by atoms with Crippen molar-refractivity contribution >= 4 is 27.5 Å². The zero-order chi connectivity index (χ0) is 14.1. The van der Waals surface area contributed by atoms with Crippen molar-refractivity contribution in [1.82, 2.24) is 4.98 Å². The predicted molar refractivity (Wildman–Crippen MR) is 77.9 cm³/mol. The molecule has 3 aromatic rings. The fourth-order valence-electron chi connectivity index (χ4n) is 1.99. The Bertz CT molecular complexity index is 780. The summed E-state index contributed by atoms with van der Waals surface area (Å²) in [6, 6.07) is 12.1. The molecule has 0 bridgehead atoms. The van der Waals surface area contributed by atoms with Gasteiger partial charge >= 0.3 is 0 Å². The number of amides is 1. The molecule has 0 aliphatic carbocycles. The number of nitrogens with zero attached hydrogens (tertiary/aromatic N) is 1. The molecule has 1 amide bonds. The number of aromatic nitrogens is 1. The van der Waals surface area contributed by atoms with Gasteiger partial charge in [0.1, 0.15) is 10.8 Å². The zero-order valence-electron chi connectivity index (χ0n) is 10.5. The van der Waals surface area contributed by atoms with Crippen LogP contribution in [0.3, 0.4) is 0 Å². The number of fused-ring (bicyclic) bond motifs is 1. The van der Waals surface area contributed by atoms with Crippen molar-refractivity contribution in [3.63, 3.8) is 0 Å². The fraction of sp³-hybridized carbons (Fsp3) is 0.0667. The summed E-state index contributed by atoms with van der Waals surface area (Å²) in [5, 5.41) is 0.830. The Morgan fingerprint density at radius 3 is 2.65 bits per heavy atom. The number of hydrogen-bond donors (Lipinski definition) is 1. The summed E-state index contributed by atoms with van der Waals surface area (Å²) in [6.07, 6.45) is 0.228. The van der Waals surface area contributed by atoms with Crippen LogP contribution in [-0.2, 0) is 11.2 Å². The first-order valence-corrected chi connectivity index (χ1v) is 6.87. The first kappa shape index (κ1) is 12.7. The topological polar surface area (TPSA) is 56.0 Å². The van der Waals surface area contributed by atoms with Crippen LogP contribution < -0.4 is 5.73 Å². The van der Waals surface area contributed by atoms with Crippen LogP contribution >= 0.6 is 11.3 Å². The van der Waals surface area contributed by atoms with Crippen molar-refractivity contribution in [2.75, 3.05) is 0 Å². The Morgan fingerprint density at radius 1 is 1.20 bits per heavy atom. The maximum absolute atomic E-state index is 13.2. The summed E-state index contributed by atoms with van der Waals surface area (Å²) >= 11 is 1.44. The van der Waals surface area contributed by atoms with Gasteiger partial charge in [-0.1, -0.05) is 24.3 Å². The average Bonchev–Trinajstić information content (AvgIpc) is 2.81. The van der Waals surface area contributed by atoms with Crippen LogP contribution in [0.2, 0.25) is 0 Å². The monoisotopic (exact) mass is 286 g/mol. The van der Waals surface area contributed by atoms with Gasteiger partial charge in [-0.2, -0.15) is 0 Å². The summed E-state index contributed by atoms with van der Waals surface area (Å²) in [7, 11) is 0. The molecule has 0 aliphatic heterocycles. The number of hydrogen-bond acceptors (Lipinski definition) is 3. The van der Waals surface area contributed by atoms with E-state index in [-0.39, 0.29) is 18.1 Å². The lowest BCUT2D eigenvalue weighted by Gasteiger charge is -1.99. The number of carbonyl (C=O) groups is 1. The maximum atomic E-state index is 13.2. The number of carbonyl (C=O) groups excluding carboxylic acids is 1. The van der Waals surface area contributed by atoms with Crippen LogP contribution in [0, 0.1) is 5.82 Å². The normalized spacial score (nSPS) is 10.8. The third-order valence-electron chi connectivity index (χ3n) is 2.93. The van der Waals surface area contributed by atoms with Crippen molar-refractivity contribution in [3.8, 4) is 10.6 Å². The van der Waals surface area contributed by atoms with Gasteiger partial charge in [0.15, 0.2) is 0 Å². The van der Waals surface area contributed by atoms with Gasteiger partial charge < -0.3 is 5.73 Å². The second kappa shape index (κ2) is 5.02. The summed E-state index contributed by atoms with van der Waals surface area (Å²) in [5.74, 6) is -0.613.